The van der Waals surface area contributed by atoms with Crippen LogP contribution < -0.4 is 11.1 Å². The highest BCUT2D eigenvalue weighted by Gasteiger charge is 1.97. The molecule has 0 rings (SSSR count). The quantitative estimate of drug-likeness (QED) is 0.353. The zero-order valence-electron chi connectivity index (χ0n) is 15.0. The molecule has 0 bridgehead atoms. The Hall–Kier alpha value is -0.0800. The lowest BCUT2D eigenvalue weighted by Crippen LogP contribution is -2.33. The minimum Gasteiger partial charge on any atom is -0.329 e. The summed E-state index contributed by atoms with van der Waals surface area (Å²) in [6.45, 7) is 6.33. The van der Waals surface area contributed by atoms with Crippen LogP contribution in [0.15, 0.2) is 0 Å². The van der Waals surface area contributed by atoms with Crippen LogP contribution in [-0.4, -0.2) is 19.1 Å². The molecule has 0 aromatic carbocycles. The first-order valence-corrected chi connectivity index (χ1v) is 9.74. The van der Waals surface area contributed by atoms with Gasteiger partial charge in [0.15, 0.2) is 0 Å². The molecule has 0 spiro atoms. The van der Waals surface area contributed by atoms with E-state index < -0.39 is 0 Å². The Balaban J connectivity index is 2.96. The van der Waals surface area contributed by atoms with Gasteiger partial charge in [0.1, 0.15) is 0 Å². The fraction of sp³-hybridized carbons (Fsp3) is 1.00. The molecule has 0 aliphatic carbocycles. The van der Waals surface area contributed by atoms with Gasteiger partial charge in [-0.05, 0) is 19.9 Å². The smallest absolute Gasteiger partial charge is 0.0161 e. The molecule has 0 heterocycles. The third kappa shape index (κ3) is 17.9. The van der Waals surface area contributed by atoms with E-state index in [0.29, 0.717) is 6.04 Å². The summed E-state index contributed by atoms with van der Waals surface area (Å²) >= 11 is 0. The molecule has 0 fully saturated rings. The van der Waals surface area contributed by atoms with Gasteiger partial charge in [-0.3, -0.25) is 0 Å². The molecule has 0 radical (unpaired) electrons. The molecule has 0 saturated carbocycles. The van der Waals surface area contributed by atoms with Crippen molar-refractivity contribution >= 4 is 0 Å². The molecular weight excluding hydrogens is 256 g/mol. The van der Waals surface area contributed by atoms with E-state index in [9.17, 15) is 0 Å². The lowest BCUT2D eigenvalue weighted by Gasteiger charge is -2.10. The van der Waals surface area contributed by atoms with Crippen molar-refractivity contribution in [3.05, 3.63) is 0 Å². The standard InChI is InChI=1S/C19H42N2/c1-3-4-5-6-7-8-9-10-11-12-13-14-15-16-17-21-19(2)18-20/h19,21H,3-18,20H2,1-2H3. The Morgan fingerprint density at radius 3 is 1.43 bits per heavy atom. The molecule has 1 unspecified atom stereocenters. The van der Waals surface area contributed by atoms with Crippen molar-refractivity contribution in [2.75, 3.05) is 13.1 Å². The lowest BCUT2D eigenvalue weighted by molar-refractivity contribution is 0.508. The second-order valence-corrected chi connectivity index (χ2v) is 6.69. The van der Waals surface area contributed by atoms with Gasteiger partial charge in [0.25, 0.3) is 0 Å². The van der Waals surface area contributed by atoms with E-state index in [1.165, 1.54) is 89.9 Å². The fourth-order valence-electron chi connectivity index (χ4n) is 2.75. The highest BCUT2D eigenvalue weighted by Crippen LogP contribution is 2.12. The number of hydrogen-bond acceptors (Lipinski definition) is 2. The summed E-state index contributed by atoms with van der Waals surface area (Å²) < 4.78 is 0. The molecule has 2 nitrogen and oxygen atoms in total. The van der Waals surface area contributed by atoms with Crippen molar-refractivity contribution in [3.8, 4) is 0 Å². The highest BCUT2D eigenvalue weighted by molar-refractivity contribution is 4.60. The zero-order chi connectivity index (χ0) is 15.6. The van der Waals surface area contributed by atoms with E-state index in [-0.39, 0.29) is 0 Å². The van der Waals surface area contributed by atoms with Gasteiger partial charge in [0.2, 0.25) is 0 Å². The van der Waals surface area contributed by atoms with Crippen LogP contribution in [0, 0.1) is 0 Å². The Bertz CT molecular complexity index is 182. The Morgan fingerprint density at radius 1 is 0.667 bits per heavy atom. The van der Waals surface area contributed by atoms with Crippen LogP contribution >= 0.6 is 0 Å². The topological polar surface area (TPSA) is 38.0 Å². The molecule has 128 valence electrons. The number of nitrogens with one attached hydrogen (secondary N) is 1. The summed E-state index contributed by atoms with van der Waals surface area (Å²) in [4.78, 5) is 0. The van der Waals surface area contributed by atoms with Crippen LogP contribution in [0.1, 0.15) is 104 Å². The number of rotatable bonds is 17. The number of nitrogens with two attached hydrogens (primary N) is 1. The molecule has 0 amide bonds. The van der Waals surface area contributed by atoms with Crippen molar-refractivity contribution in [1.82, 2.24) is 5.32 Å². The van der Waals surface area contributed by atoms with Crippen LogP contribution in [0.3, 0.4) is 0 Å². The maximum absolute atomic E-state index is 5.57. The van der Waals surface area contributed by atoms with Crippen LogP contribution in [0.2, 0.25) is 0 Å². The van der Waals surface area contributed by atoms with Crippen LogP contribution in [-0.2, 0) is 0 Å². The second kappa shape index (κ2) is 18.0. The van der Waals surface area contributed by atoms with Gasteiger partial charge in [0.05, 0.1) is 0 Å². The molecular formula is C19H42N2. The molecule has 2 heteroatoms. The number of hydrogen-bond donors (Lipinski definition) is 2. The van der Waals surface area contributed by atoms with Gasteiger partial charge >= 0.3 is 0 Å². The van der Waals surface area contributed by atoms with E-state index in [1.807, 2.05) is 0 Å². The van der Waals surface area contributed by atoms with Gasteiger partial charge < -0.3 is 11.1 Å². The third-order valence-corrected chi connectivity index (χ3v) is 4.38. The van der Waals surface area contributed by atoms with Crippen molar-refractivity contribution in [3.63, 3.8) is 0 Å². The summed E-state index contributed by atoms with van der Waals surface area (Å²) in [5.74, 6) is 0. The predicted octanol–water partition coefficient (Wildman–Crippen LogP) is 5.40. The summed E-state index contributed by atoms with van der Waals surface area (Å²) in [5, 5.41) is 3.45. The molecule has 3 N–H and O–H groups in total. The van der Waals surface area contributed by atoms with E-state index in [0.717, 1.165) is 13.1 Å². The van der Waals surface area contributed by atoms with Gasteiger partial charge in [0, 0.05) is 12.6 Å². The first-order valence-electron chi connectivity index (χ1n) is 9.74. The Morgan fingerprint density at radius 2 is 1.05 bits per heavy atom. The van der Waals surface area contributed by atoms with E-state index in [2.05, 4.69) is 19.2 Å². The van der Waals surface area contributed by atoms with Crippen LogP contribution in [0.5, 0.6) is 0 Å². The molecule has 21 heavy (non-hydrogen) atoms. The fourth-order valence-corrected chi connectivity index (χ4v) is 2.75. The van der Waals surface area contributed by atoms with Crippen LogP contribution in [0.4, 0.5) is 0 Å². The average Bonchev–Trinajstić information content (AvgIpc) is 2.50. The summed E-state index contributed by atoms with van der Waals surface area (Å²) in [7, 11) is 0. The minimum absolute atomic E-state index is 0.479. The first kappa shape index (κ1) is 20.9. The van der Waals surface area contributed by atoms with Gasteiger partial charge in [-0.2, -0.15) is 0 Å². The molecule has 0 aromatic rings. The third-order valence-electron chi connectivity index (χ3n) is 4.38. The first-order chi connectivity index (χ1) is 10.3. The second-order valence-electron chi connectivity index (χ2n) is 6.69. The summed E-state index contributed by atoms with van der Waals surface area (Å²) in [6.07, 6.45) is 20.0. The average molecular weight is 299 g/mol. The normalized spacial score (nSPS) is 12.7. The van der Waals surface area contributed by atoms with Gasteiger partial charge in [-0.15, -0.1) is 0 Å². The van der Waals surface area contributed by atoms with Gasteiger partial charge in [-0.25, -0.2) is 0 Å². The van der Waals surface area contributed by atoms with Gasteiger partial charge in [-0.1, -0.05) is 90.4 Å². The van der Waals surface area contributed by atoms with E-state index in [4.69, 9.17) is 5.73 Å². The molecule has 0 aromatic heterocycles. The van der Waals surface area contributed by atoms with Crippen molar-refractivity contribution in [2.45, 2.75) is 110 Å². The predicted molar refractivity (Wildman–Crippen MR) is 96.8 cm³/mol. The molecule has 1 atom stereocenters. The molecule has 0 aliphatic rings. The largest absolute Gasteiger partial charge is 0.329 e. The Labute approximate surface area is 134 Å². The van der Waals surface area contributed by atoms with Crippen LogP contribution in [0.25, 0.3) is 0 Å². The van der Waals surface area contributed by atoms with Crippen molar-refractivity contribution in [2.24, 2.45) is 5.73 Å². The molecule has 0 saturated heterocycles. The maximum Gasteiger partial charge on any atom is 0.0161 e. The van der Waals surface area contributed by atoms with Crippen molar-refractivity contribution < 1.29 is 0 Å². The summed E-state index contributed by atoms with van der Waals surface area (Å²) in [5.41, 5.74) is 5.57. The monoisotopic (exact) mass is 298 g/mol. The SMILES string of the molecule is CCCCCCCCCCCCCCCCNC(C)CN. The summed E-state index contributed by atoms with van der Waals surface area (Å²) in [6, 6.07) is 0.479. The molecule has 0 aliphatic heterocycles. The van der Waals surface area contributed by atoms with E-state index >= 15 is 0 Å². The van der Waals surface area contributed by atoms with Crippen molar-refractivity contribution in [1.29, 1.82) is 0 Å². The minimum atomic E-state index is 0.479. The maximum atomic E-state index is 5.57. The van der Waals surface area contributed by atoms with E-state index in [1.54, 1.807) is 0 Å². The Kier molecular flexibility index (Phi) is 17.9. The lowest BCUT2D eigenvalue weighted by atomic mass is 10.0. The highest BCUT2D eigenvalue weighted by atomic mass is 14.9. The zero-order valence-corrected chi connectivity index (χ0v) is 15.0. The number of unbranched alkanes of at least 4 members (excludes halogenated alkanes) is 13.